The minimum absolute atomic E-state index is 0.0212. The predicted molar refractivity (Wildman–Crippen MR) is 104 cm³/mol. The summed E-state index contributed by atoms with van der Waals surface area (Å²) >= 11 is 3.53. The summed E-state index contributed by atoms with van der Waals surface area (Å²) in [5, 5.41) is 7.19. The van der Waals surface area contributed by atoms with Crippen LogP contribution in [0.2, 0.25) is 0 Å². The molecule has 0 unspecified atom stereocenters. The maximum absolute atomic E-state index is 12.1. The molecule has 1 amide bonds. The summed E-state index contributed by atoms with van der Waals surface area (Å²) in [6.07, 6.45) is 0.247. The first-order chi connectivity index (χ1) is 12.2. The molecule has 0 saturated carbocycles. The number of hydrogen-bond donors (Lipinski definition) is 1. The van der Waals surface area contributed by atoms with E-state index in [0.29, 0.717) is 23.9 Å². The van der Waals surface area contributed by atoms with Crippen molar-refractivity contribution in [2.45, 2.75) is 19.1 Å². The Hall–Kier alpha value is -2.05. The number of amides is 1. The van der Waals surface area contributed by atoms with Crippen LogP contribution in [0.15, 0.2) is 51.6 Å². The fourth-order valence-electron chi connectivity index (χ4n) is 2.34. The van der Waals surface area contributed by atoms with Crippen molar-refractivity contribution in [1.82, 2.24) is 10.3 Å². The molecule has 25 heavy (non-hydrogen) atoms. The first-order valence-corrected chi connectivity index (χ1v) is 10.2. The maximum Gasteiger partial charge on any atom is 0.226 e. The molecule has 0 atom stereocenters. The lowest BCUT2D eigenvalue weighted by atomic mass is 10.2. The molecule has 3 aromatic rings. The molecule has 6 heteroatoms. The van der Waals surface area contributed by atoms with Crippen molar-refractivity contribution in [3.05, 3.63) is 64.2 Å². The van der Waals surface area contributed by atoms with Gasteiger partial charge in [-0.25, -0.2) is 4.98 Å². The molecule has 0 aliphatic heterocycles. The monoisotopic (exact) mass is 372 g/mol. The van der Waals surface area contributed by atoms with E-state index in [1.54, 1.807) is 11.3 Å². The lowest BCUT2D eigenvalue weighted by molar-refractivity contribution is -0.120. The number of carbonyl (C=O) groups is 1. The SMILES string of the molecule is Cc1oc(-c2ccccc2)nc1CC(=O)NCCSCc1ccsc1. The largest absolute Gasteiger partial charge is 0.441 e. The van der Waals surface area contributed by atoms with Gasteiger partial charge in [0.2, 0.25) is 11.8 Å². The zero-order chi connectivity index (χ0) is 17.5. The Morgan fingerprint density at radius 1 is 1.28 bits per heavy atom. The molecule has 4 nitrogen and oxygen atoms in total. The minimum Gasteiger partial charge on any atom is -0.441 e. The van der Waals surface area contributed by atoms with Crippen LogP contribution in [0.4, 0.5) is 0 Å². The average Bonchev–Trinajstić information content (AvgIpc) is 3.26. The number of oxazole rings is 1. The Balaban J connectivity index is 1.44. The van der Waals surface area contributed by atoms with Crippen molar-refractivity contribution < 1.29 is 9.21 Å². The standard InChI is InChI=1S/C19H20N2O2S2/c1-14-17(21-19(23-14)16-5-3-2-4-6-16)11-18(22)20-8-10-25-13-15-7-9-24-12-15/h2-7,9,12H,8,10-11,13H2,1H3,(H,20,22). The van der Waals surface area contributed by atoms with Crippen LogP contribution in [0.25, 0.3) is 11.5 Å². The molecule has 0 fully saturated rings. The molecule has 0 aliphatic rings. The second-order valence-corrected chi connectivity index (χ2v) is 7.48. The van der Waals surface area contributed by atoms with E-state index < -0.39 is 0 Å². The number of rotatable bonds is 8. The third-order valence-electron chi connectivity index (χ3n) is 3.66. The van der Waals surface area contributed by atoms with Gasteiger partial charge in [0.25, 0.3) is 0 Å². The fraction of sp³-hybridized carbons (Fsp3) is 0.263. The third-order valence-corrected chi connectivity index (χ3v) is 5.42. The van der Waals surface area contributed by atoms with E-state index in [9.17, 15) is 4.79 Å². The highest BCUT2D eigenvalue weighted by molar-refractivity contribution is 7.98. The zero-order valence-electron chi connectivity index (χ0n) is 14.0. The number of aryl methyl sites for hydroxylation is 1. The first kappa shape index (κ1) is 17.8. The molecule has 0 aliphatic carbocycles. The van der Waals surface area contributed by atoms with Gasteiger partial charge < -0.3 is 9.73 Å². The number of thioether (sulfide) groups is 1. The van der Waals surface area contributed by atoms with E-state index in [0.717, 1.165) is 17.1 Å². The van der Waals surface area contributed by atoms with E-state index in [1.165, 1.54) is 5.56 Å². The van der Waals surface area contributed by atoms with Crippen LogP contribution in [0.3, 0.4) is 0 Å². The zero-order valence-corrected chi connectivity index (χ0v) is 15.7. The molecule has 2 heterocycles. The number of benzene rings is 1. The van der Waals surface area contributed by atoms with Crippen molar-refractivity contribution in [1.29, 1.82) is 0 Å². The first-order valence-electron chi connectivity index (χ1n) is 8.09. The van der Waals surface area contributed by atoms with Gasteiger partial charge in [0, 0.05) is 23.6 Å². The van der Waals surface area contributed by atoms with Gasteiger partial charge in [-0.15, -0.1) is 0 Å². The minimum atomic E-state index is -0.0212. The summed E-state index contributed by atoms with van der Waals surface area (Å²) in [4.78, 5) is 16.6. The Morgan fingerprint density at radius 2 is 2.12 bits per heavy atom. The van der Waals surface area contributed by atoms with Gasteiger partial charge in [-0.1, -0.05) is 18.2 Å². The molecule has 0 radical (unpaired) electrons. The van der Waals surface area contributed by atoms with E-state index in [1.807, 2.05) is 49.0 Å². The molecule has 130 valence electrons. The molecule has 0 saturated heterocycles. The molecule has 1 aromatic carbocycles. The second-order valence-electron chi connectivity index (χ2n) is 5.60. The van der Waals surface area contributed by atoms with Gasteiger partial charge in [-0.3, -0.25) is 4.79 Å². The highest BCUT2D eigenvalue weighted by Gasteiger charge is 2.14. The highest BCUT2D eigenvalue weighted by atomic mass is 32.2. The van der Waals surface area contributed by atoms with Crippen molar-refractivity contribution in [3.63, 3.8) is 0 Å². The van der Waals surface area contributed by atoms with Gasteiger partial charge in [0.1, 0.15) is 5.76 Å². The average molecular weight is 373 g/mol. The normalized spacial score (nSPS) is 10.8. The molecule has 1 N–H and O–H groups in total. The van der Waals surface area contributed by atoms with Crippen molar-refractivity contribution in [3.8, 4) is 11.5 Å². The molecule has 2 aromatic heterocycles. The summed E-state index contributed by atoms with van der Waals surface area (Å²) in [7, 11) is 0. The lowest BCUT2D eigenvalue weighted by Crippen LogP contribution is -2.27. The van der Waals surface area contributed by atoms with E-state index >= 15 is 0 Å². The van der Waals surface area contributed by atoms with Gasteiger partial charge >= 0.3 is 0 Å². The summed E-state index contributed by atoms with van der Waals surface area (Å²) in [6.45, 7) is 2.51. The van der Waals surface area contributed by atoms with Crippen molar-refractivity contribution in [2.24, 2.45) is 0 Å². The molecule has 3 rings (SSSR count). The van der Waals surface area contributed by atoms with Crippen LogP contribution >= 0.6 is 23.1 Å². The van der Waals surface area contributed by atoms with Crippen LogP contribution in [0.1, 0.15) is 17.0 Å². The number of thiophene rings is 1. The smallest absolute Gasteiger partial charge is 0.226 e. The van der Waals surface area contributed by atoms with E-state index in [4.69, 9.17) is 4.42 Å². The van der Waals surface area contributed by atoms with E-state index in [-0.39, 0.29) is 12.3 Å². The highest BCUT2D eigenvalue weighted by Crippen LogP contribution is 2.21. The summed E-state index contributed by atoms with van der Waals surface area (Å²) in [5.74, 6) is 3.12. The molecule has 0 spiro atoms. The predicted octanol–water partition coefficient (Wildman–Crippen LogP) is 4.30. The third kappa shape index (κ3) is 5.21. The van der Waals surface area contributed by atoms with Gasteiger partial charge in [-0.05, 0) is 41.4 Å². The van der Waals surface area contributed by atoms with E-state index in [2.05, 4.69) is 27.1 Å². The Labute approximate surface area is 155 Å². The van der Waals surface area contributed by atoms with Crippen LogP contribution in [0.5, 0.6) is 0 Å². The van der Waals surface area contributed by atoms with Gasteiger partial charge in [-0.2, -0.15) is 23.1 Å². The maximum atomic E-state index is 12.1. The van der Waals surface area contributed by atoms with Crippen LogP contribution in [-0.4, -0.2) is 23.2 Å². The Bertz CT molecular complexity index is 798. The number of aromatic nitrogens is 1. The number of carbonyl (C=O) groups excluding carboxylic acids is 1. The summed E-state index contributed by atoms with van der Waals surface area (Å²) < 4.78 is 5.69. The van der Waals surface area contributed by atoms with Crippen molar-refractivity contribution >= 4 is 29.0 Å². The quantitative estimate of drug-likeness (QED) is 0.599. The van der Waals surface area contributed by atoms with Crippen LogP contribution in [-0.2, 0) is 17.0 Å². The fourth-order valence-corrected chi connectivity index (χ4v) is 3.92. The lowest BCUT2D eigenvalue weighted by Gasteiger charge is -2.04. The Kier molecular flexibility index (Phi) is 6.30. The summed E-state index contributed by atoms with van der Waals surface area (Å²) in [5.41, 5.74) is 2.96. The molecule has 0 bridgehead atoms. The second kappa shape index (κ2) is 8.87. The topological polar surface area (TPSA) is 55.1 Å². The number of nitrogens with zero attached hydrogens (tertiary/aromatic N) is 1. The van der Waals surface area contributed by atoms with Crippen LogP contribution in [0, 0.1) is 6.92 Å². The molecular formula is C19H20N2O2S2. The van der Waals surface area contributed by atoms with Crippen molar-refractivity contribution in [2.75, 3.05) is 12.3 Å². The number of nitrogens with one attached hydrogen (secondary N) is 1. The van der Waals surface area contributed by atoms with Crippen LogP contribution < -0.4 is 5.32 Å². The molecular weight excluding hydrogens is 352 g/mol. The van der Waals surface area contributed by atoms with Gasteiger partial charge in [0.05, 0.1) is 12.1 Å². The van der Waals surface area contributed by atoms with Gasteiger partial charge in [0.15, 0.2) is 0 Å². The summed E-state index contributed by atoms with van der Waals surface area (Å²) in [6, 6.07) is 11.8. The number of hydrogen-bond acceptors (Lipinski definition) is 5. The Morgan fingerprint density at radius 3 is 2.88 bits per heavy atom.